The number of nitrogens with zero attached hydrogens (tertiary/aromatic N) is 2. The van der Waals surface area contributed by atoms with E-state index in [9.17, 15) is 0 Å². The average molecular weight is 648 g/mol. The Kier molecular flexibility index (Phi) is 7.61. The zero-order valence-electron chi connectivity index (χ0n) is 27.6. The monoisotopic (exact) mass is 647 g/mol. The number of anilines is 2. The molecular weight excluding hydrogens is 611 g/mol. The number of allylic oxidation sites excluding steroid dienone is 9. The molecule has 236 valence electrons. The van der Waals surface area contributed by atoms with Gasteiger partial charge >= 0.3 is 0 Å². The zero-order chi connectivity index (χ0) is 32.7. The summed E-state index contributed by atoms with van der Waals surface area (Å²) in [5, 5.41) is 11.3. The SMILES string of the molecule is CN1C(c2ccc(-c3cccc(-c4ccccc4Nc4cccc(C5C=C6[Si]c7ccccc7C6=CC5)c4)c3)cc2)N1/C=C1/C=CC=CC1. The molecule has 49 heavy (non-hydrogen) atoms. The van der Waals surface area contributed by atoms with Gasteiger partial charge in [0, 0.05) is 36.1 Å². The largest absolute Gasteiger partial charge is 0.355 e. The third kappa shape index (κ3) is 5.84. The summed E-state index contributed by atoms with van der Waals surface area (Å²) in [6, 6.07) is 44.5. The number of para-hydroxylation sites is 1. The van der Waals surface area contributed by atoms with Gasteiger partial charge in [-0.2, -0.15) is 5.01 Å². The molecule has 1 N–H and O–H groups in total. The Hall–Kier alpha value is -5.42. The summed E-state index contributed by atoms with van der Waals surface area (Å²) in [6.45, 7) is 0. The quantitative estimate of drug-likeness (QED) is 0.140. The van der Waals surface area contributed by atoms with Crippen molar-refractivity contribution in [2.45, 2.75) is 24.9 Å². The molecule has 4 heteroatoms. The van der Waals surface area contributed by atoms with E-state index in [2.05, 4.69) is 186 Å². The Bertz CT molecular complexity index is 2220. The fourth-order valence-corrected chi connectivity index (χ4v) is 8.92. The first kappa shape index (κ1) is 29.7. The fourth-order valence-electron chi connectivity index (χ4n) is 7.44. The van der Waals surface area contributed by atoms with Crippen LogP contribution in [0.1, 0.15) is 41.6 Å². The van der Waals surface area contributed by atoms with Crippen molar-refractivity contribution < 1.29 is 0 Å². The third-order valence-corrected chi connectivity index (χ3v) is 11.5. The van der Waals surface area contributed by atoms with E-state index in [1.165, 1.54) is 60.5 Å². The van der Waals surface area contributed by atoms with E-state index >= 15 is 0 Å². The van der Waals surface area contributed by atoms with Crippen LogP contribution in [0.3, 0.4) is 0 Å². The third-order valence-electron chi connectivity index (χ3n) is 10.1. The van der Waals surface area contributed by atoms with Crippen molar-refractivity contribution in [2.75, 3.05) is 12.4 Å². The standard InChI is InChI=1S/C45H37N3Si/c1-47-45(48(47)30-31-11-3-2-4-12-31)33-23-21-32(22-24-33)34-13-9-15-37(27-34)39-17-5-7-19-42(39)46-38-16-10-14-35(28-38)36-25-26-41-40-18-6-8-20-43(40)49-44(41)29-36/h2-11,13-24,26-30,36,45-46H,12,25H2,1H3/b31-30-. The van der Waals surface area contributed by atoms with E-state index in [0.29, 0.717) is 5.92 Å². The summed E-state index contributed by atoms with van der Waals surface area (Å²) in [5.41, 5.74) is 13.9. The van der Waals surface area contributed by atoms with Crippen molar-refractivity contribution in [3.05, 3.63) is 191 Å². The molecule has 5 aromatic carbocycles. The Labute approximate surface area is 291 Å². The molecular formula is C45H37N3Si. The highest BCUT2D eigenvalue weighted by atomic mass is 28.2. The lowest BCUT2D eigenvalue weighted by molar-refractivity contribution is 0.445. The van der Waals surface area contributed by atoms with Crippen LogP contribution in [0.15, 0.2) is 175 Å². The minimum atomic E-state index is 0.285. The number of rotatable bonds is 7. The van der Waals surface area contributed by atoms with Gasteiger partial charge in [0.05, 0.1) is 0 Å². The first-order valence-electron chi connectivity index (χ1n) is 17.2. The van der Waals surface area contributed by atoms with Gasteiger partial charge < -0.3 is 5.32 Å². The minimum absolute atomic E-state index is 0.285. The summed E-state index contributed by atoms with van der Waals surface area (Å²) < 4.78 is 0. The highest BCUT2D eigenvalue weighted by molar-refractivity contribution is 6.69. The normalized spacial score (nSPS) is 21.2. The number of hydrogen-bond donors (Lipinski definition) is 1. The molecule has 5 aromatic rings. The maximum atomic E-state index is 3.78. The number of hydrogen-bond acceptors (Lipinski definition) is 3. The van der Waals surface area contributed by atoms with E-state index < -0.39 is 0 Å². The molecule has 0 saturated carbocycles. The van der Waals surface area contributed by atoms with Gasteiger partial charge in [0.1, 0.15) is 15.7 Å². The summed E-state index contributed by atoms with van der Waals surface area (Å²) in [7, 11) is 2.90. The fraction of sp³-hybridized carbons (Fsp3) is 0.111. The first-order chi connectivity index (χ1) is 24.2. The van der Waals surface area contributed by atoms with Crippen LogP contribution in [-0.4, -0.2) is 26.6 Å². The maximum absolute atomic E-state index is 3.78. The van der Waals surface area contributed by atoms with Crippen molar-refractivity contribution in [1.82, 2.24) is 10.0 Å². The summed E-state index contributed by atoms with van der Waals surface area (Å²) in [5.74, 6) is 0.396. The molecule has 3 nitrogen and oxygen atoms in total. The molecule has 1 saturated heterocycles. The number of benzene rings is 5. The topological polar surface area (TPSA) is 18.0 Å². The van der Waals surface area contributed by atoms with Gasteiger partial charge in [0.25, 0.3) is 0 Å². The molecule has 9 rings (SSSR count). The van der Waals surface area contributed by atoms with Crippen LogP contribution in [0.5, 0.6) is 0 Å². The van der Waals surface area contributed by atoms with Gasteiger partial charge in [0.2, 0.25) is 0 Å². The van der Waals surface area contributed by atoms with Crippen molar-refractivity contribution in [1.29, 1.82) is 0 Å². The molecule has 3 atom stereocenters. The van der Waals surface area contributed by atoms with Crippen molar-refractivity contribution in [2.24, 2.45) is 0 Å². The predicted octanol–water partition coefficient (Wildman–Crippen LogP) is 10.1. The highest BCUT2D eigenvalue weighted by Crippen LogP contribution is 2.42. The maximum Gasteiger partial charge on any atom is 0.139 e. The van der Waals surface area contributed by atoms with Gasteiger partial charge in [-0.25, -0.2) is 0 Å². The number of nitrogens with one attached hydrogen (secondary N) is 1. The molecule has 0 aromatic heterocycles. The Morgan fingerprint density at radius 2 is 1.55 bits per heavy atom. The van der Waals surface area contributed by atoms with Gasteiger partial charge in [-0.3, -0.25) is 5.01 Å². The lowest BCUT2D eigenvalue weighted by atomic mass is 9.88. The van der Waals surface area contributed by atoms with E-state index in [1.54, 1.807) is 0 Å². The predicted molar refractivity (Wildman–Crippen MR) is 206 cm³/mol. The molecule has 3 unspecified atom stereocenters. The molecule has 0 spiro atoms. The lowest BCUT2D eigenvalue weighted by Crippen LogP contribution is -2.11. The van der Waals surface area contributed by atoms with E-state index in [-0.39, 0.29) is 6.17 Å². The second-order valence-electron chi connectivity index (χ2n) is 13.2. The lowest BCUT2D eigenvalue weighted by Gasteiger charge is -2.20. The van der Waals surface area contributed by atoms with E-state index in [0.717, 1.165) is 33.7 Å². The smallest absolute Gasteiger partial charge is 0.139 e. The molecule has 2 aliphatic carbocycles. The van der Waals surface area contributed by atoms with Crippen LogP contribution < -0.4 is 10.5 Å². The molecule has 2 heterocycles. The highest BCUT2D eigenvalue weighted by Gasteiger charge is 2.41. The average Bonchev–Trinajstić information content (AvgIpc) is 3.63. The summed E-state index contributed by atoms with van der Waals surface area (Å²) in [4.78, 5) is 0. The van der Waals surface area contributed by atoms with Gasteiger partial charge in [-0.15, -0.1) is 0 Å². The van der Waals surface area contributed by atoms with Crippen LogP contribution >= 0.6 is 0 Å². The van der Waals surface area contributed by atoms with Crippen LogP contribution in [0.25, 0.3) is 27.8 Å². The Balaban J connectivity index is 0.923. The van der Waals surface area contributed by atoms with Crippen LogP contribution in [0.4, 0.5) is 11.4 Å². The minimum Gasteiger partial charge on any atom is -0.355 e. The summed E-state index contributed by atoms with van der Waals surface area (Å²) in [6.07, 6.45) is 18.2. The Morgan fingerprint density at radius 1 is 0.735 bits per heavy atom. The molecule has 0 amide bonds. The molecule has 1 fully saturated rings. The van der Waals surface area contributed by atoms with Crippen molar-refractivity contribution >= 4 is 31.7 Å². The zero-order valence-corrected chi connectivity index (χ0v) is 28.6. The Morgan fingerprint density at radius 3 is 2.43 bits per heavy atom. The molecule has 4 aliphatic rings. The van der Waals surface area contributed by atoms with Crippen LogP contribution in [0, 0.1) is 0 Å². The second-order valence-corrected chi connectivity index (χ2v) is 14.6. The summed E-state index contributed by atoms with van der Waals surface area (Å²) >= 11 is 0. The molecule has 2 radical (unpaired) electrons. The second kappa shape index (κ2) is 12.6. The van der Waals surface area contributed by atoms with E-state index in [1.807, 2.05) is 0 Å². The van der Waals surface area contributed by atoms with Crippen LogP contribution in [0.2, 0.25) is 0 Å². The van der Waals surface area contributed by atoms with Gasteiger partial charge in [0.15, 0.2) is 0 Å². The molecule has 2 aliphatic heterocycles. The van der Waals surface area contributed by atoms with E-state index in [4.69, 9.17) is 0 Å². The van der Waals surface area contributed by atoms with Gasteiger partial charge in [-0.05, 0) is 81.6 Å². The van der Waals surface area contributed by atoms with Gasteiger partial charge in [-0.1, -0.05) is 144 Å². The van der Waals surface area contributed by atoms with Crippen molar-refractivity contribution in [3.63, 3.8) is 0 Å². The van der Waals surface area contributed by atoms with Crippen LogP contribution in [-0.2, 0) is 0 Å². The number of hydrazine groups is 1. The molecule has 0 bridgehead atoms. The van der Waals surface area contributed by atoms with Crippen molar-refractivity contribution in [3.8, 4) is 22.3 Å². The number of fused-ring (bicyclic) bond motifs is 3. The first-order valence-corrected chi connectivity index (χ1v) is 18.2.